The van der Waals surface area contributed by atoms with Crippen LogP contribution in [0.2, 0.25) is 0 Å². The summed E-state index contributed by atoms with van der Waals surface area (Å²) in [5.41, 5.74) is 2.24. The van der Waals surface area contributed by atoms with Crippen molar-refractivity contribution in [2.75, 3.05) is 7.11 Å². The molecule has 2 N–H and O–H groups in total. The highest BCUT2D eigenvalue weighted by Gasteiger charge is 2.12. The van der Waals surface area contributed by atoms with Gasteiger partial charge in [0.15, 0.2) is 10.6 Å². The Morgan fingerprint density at radius 1 is 1.76 bits per heavy atom. The van der Waals surface area contributed by atoms with Crippen molar-refractivity contribution in [1.82, 2.24) is 20.2 Å². The molecule has 0 aliphatic heterocycles. The first-order valence-electron chi connectivity index (χ1n) is 4.73. The van der Waals surface area contributed by atoms with Crippen molar-refractivity contribution in [1.29, 1.82) is 0 Å². The second-order valence-electron chi connectivity index (χ2n) is 3.15. The Labute approximate surface area is 106 Å². The summed E-state index contributed by atoms with van der Waals surface area (Å²) < 4.78 is 2.02. The van der Waals surface area contributed by atoms with Crippen LogP contribution in [-0.2, 0) is 16.2 Å². The lowest BCUT2D eigenvalue weighted by atomic mass is 10.4. The van der Waals surface area contributed by atoms with Crippen LogP contribution in [0, 0.1) is 4.77 Å². The van der Waals surface area contributed by atoms with Crippen LogP contribution >= 0.6 is 23.6 Å². The van der Waals surface area contributed by atoms with E-state index >= 15 is 0 Å². The van der Waals surface area contributed by atoms with Crippen molar-refractivity contribution in [2.45, 2.75) is 6.54 Å². The first-order valence-corrected chi connectivity index (χ1v) is 6.02. The van der Waals surface area contributed by atoms with Gasteiger partial charge in [0.2, 0.25) is 0 Å². The second kappa shape index (κ2) is 5.21. The van der Waals surface area contributed by atoms with Crippen LogP contribution < -0.4 is 5.48 Å². The SMILES string of the molecule is CONC(=O)Cn1c(-c2cccs2)n[nH]c1=S. The number of rotatable bonds is 4. The van der Waals surface area contributed by atoms with Gasteiger partial charge in [-0.1, -0.05) is 6.07 Å². The van der Waals surface area contributed by atoms with Gasteiger partial charge in [0, 0.05) is 0 Å². The van der Waals surface area contributed by atoms with Gasteiger partial charge in [-0.3, -0.25) is 19.3 Å². The Morgan fingerprint density at radius 2 is 2.59 bits per heavy atom. The Hall–Kier alpha value is -1.51. The maximum absolute atomic E-state index is 11.4. The lowest BCUT2D eigenvalue weighted by Gasteiger charge is -2.05. The van der Waals surface area contributed by atoms with E-state index in [1.54, 1.807) is 4.57 Å². The molecular weight excluding hydrogens is 260 g/mol. The number of hydroxylamine groups is 1. The molecule has 0 aromatic carbocycles. The highest BCUT2D eigenvalue weighted by atomic mass is 32.1. The third kappa shape index (κ3) is 2.60. The molecule has 17 heavy (non-hydrogen) atoms. The molecule has 0 aliphatic carbocycles. The standard InChI is InChI=1S/C9H10N4O2S2/c1-15-12-7(14)5-13-8(10-11-9(13)16)6-3-2-4-17-6/h2-4H,5H2,1H3,(H,11,16)(H,12,14). The molecule has 2 aromatic heterocycles. The van der Waals surface area contributed by atoms with Gasteiger partial charge in [-0.15, -0.1) is 11.3 Å². The van der Waals surface area contributed by atoms with Gasteiger partial charge in [0.05, 0.1) is 12.0 Å². The second-order valence-corrected chi connectivity index (χ2v) is 4.48. The Bertz CT molecular complexity index is 558. The number of carbonyl (C=O) groups is 1. The van der Waals surface area contributed by atoms with Gasteiger partial charge >= 0.3 is 0 Å². The summed E-state index contributed by atoms with van der Waals surface area (Å²) >= 11 is 6.61. The lowest BCUT2D eigenvalue weighted by Crippen LogP contribution is -2.26. The van der Waals surface area contributed by atoms with Crippen molar-refractivity contribution in [3.8, 4) is 10.7 Å². The minimum Gasteiger partial charge on any atom is -0.290 e. The largest absolute Gasteiger partial charge is 0.290 e. The van der Waals surface area contributed by atoms with Crippen LogP contribution in [0.25, 0.3) is 10.7 Å². The third-order valence-corrected chi connectivity index (χ3v) is 3.19. The van der Waals surface area contributed by atoms with Crippen LogP contribution in [0.4, 0.5) is 0 Å². The Kier molecular flexibility index (Phi) is 3.67. The molecular formula is C9H10N4O2S2. The molecule has 8 heteroatoms. The molecule has 0 spiro atoms. The van der Waals surface area contributed by atoms with Crippen molar-refractivity contribution in [3.05, 3.63) is 22.3 Å². The topological polar surface area (TPSA) is 71.9 Å². The number of nitrogens with one attached hydrogen (secondary N) is 2. The van der Waals surface area contributed by atoms with E-state index < -0.39 is 0 Å². The molecule has 2 aromatic rings. The first kappa shape index (κ1) is 12.0. The molecule has 0 radical (unpaired) electrons. The van der Waals surface area contributed by atoms with Gasteiger partial charge in [-0.05, 0) is 23.7 Å². The van der Waals surface area contributed by atoms with Gasteiger partial charge in [-0.2, -0.15) is 5.10 Å². The molecule has 6 nitrogen and oxygen atoms in total. The van der Waals surface area contributed by atoms with Crippen molar-refractivity contribution < 1.29 is 9.63 Å². The lowest BCUT2D eigenvalue weighted by molar-refractivity contribution is -0.131. The van der Waals surface area contributed by atoms with Gasteiger partial charge in [-0.25, -0.2) is 5.48 Å². The molecule has 0 unspecified atom stereocenters. The third-order valence-electron chi connectivity index (χ3n) is 2.02. The van der Waals surface area contributed by atoms with E-state index in [1.165, 1.54) is 18.4 Å². The molecule has 0 bridgehead atoms. The van der Waals surface area contributed by atoms with E-state index in [0.717, 1.165) is 4.88 Å². The Balaban J connectivity index is 2.31. The van der Waals surface area contributed by atoms with Crippen LogP contribution in [0.3, 0.4) is 0 Å². The normalized spacial score (nSPS) is 10.4. The van der Waals surface area contributed by atoms with Gasteiger partial charge in [0.1, 0.15) is 6.54 Å². The predicted octanol–water partition coefficient (Wildman–Crippen LogP) is 1.35. The summed E-state index contributed by atoms with van der Waals surface area (Å²) in [7, 11) is 1.38. The van der Waals surface area contributed by atoms with Crippen molar-refractivity contribution >= 4 is 29.5 Å². The fraction of sp³-hybridized carbons (Fsp3) is 0.222. The van der Waals surface area contributed by atoms with Crippen LogP contribution in [-0.4, -0.2) is 27.8 Å². The van der Waals surface area contributed by atoms with Crippen molar-refractivity contribution in [2.24, 2.45) is 0 Å². The number of thiophene rings is 1. The number of nitrogens with zero attached hydrogens (tertiary/aromatic N) is 2. The smallest absolute Gasteiger partial charge is 0.263 e. The number of H-pyrrole nitrogens is 1. The maximum Gasteiger partial charge on any atom is 0.263 e. The highest BCUT2D eigenvalue weighted by Crippen LogP contribution is 2.22. The monoisotopic (exact) mass is 270 g/mol. The molecule has 1 amide bonds. The number of amides is 1. The summed E-state index contributed by atoms with van der Waals surface area (Å²) in [4.78, 5) is 16.9. The number of hydrogen-bond acceptors (Lipinski definition) is 5. The molecule has 90 valence electrons. The molecule has 2 heterocycles. The van der Waals surface area contributed by atoms with E-state index in [4.69, 9.17) is 12.2 Å². The number of hydrogen-bond donors (Lipinski definition) is 2. The molecule has 0 saturated heterocycles. The number of aromatic nitrogens is 3. The van der Waals surface area contributed by atoms with Gasteiger partial charge < -0.3 is 0 Å². The summed E-state index contributed by atoms with van der Waals surface area (Å²) in [6, 6.07) is 3.83. The average molecular weight is 270 g/mol. The predicted molar refractivity (Wildman–Crippen MR) is 65.9 cm³/mol. The quantitative estimate of drug-likeness (QED) is 0.650. The highest BCUT2D eigenvalue weighted by molar-refractivity contribution is 7.71. The van der Waals surface area contributed by atoms with Crippen LogP contribution in [0.15, 0.2) is 17.5 Å². The van der Waals surface area contributed by atoms with Crippen LogP contribution in [0.5, 0.6) is 0 Å². The zero-order chi connectivity index (χ0) is 12.3. The molecule has 2 rings (SSSR count). The zero-order valence-corrected chi connectivity index (χ0v) is 10.6. The minimum atomic E-state index is -0.289. The minimum absolute atomic E-state index is 0.0659. The maximum atomic E-state index is 11.4. The number of aromatic amines is 1. The van der Waals surface area contributed by atoms with E-state index in [9.17, 15) is 4.79 Å². The van der Waals surface area contributed by atoms with E-state index in [2.05, 4.69) is 20.5 Å². The number of carbonyl (C=O) groups excluding carboxylic acids is 1. The Morgan fingerprint density at radius 3 is 3.24 bits per heavy atom. The zero-order valence-electron chi connectivity index (χ0n) is 8.97. The fourth-order valence-corrected chi connectivity index (χ4v) is 2.27. The van der Waals surface area contributed by atoms with E-state index in [-0.39, 0.29) is 12.5 Å². The molecule has 0 saturated carbocycles. The molecule has 0 aliphatic rings. The molecule has 0 atom stereocenters. The average Bonchev–Trinajstić information content (AvgIpc) is 2.90. The summed E-state index contributed by atoms with van der Waals surface area (Å²) in [5.74, 6) is 0.360. The first-order chi connectivity index (χ1) is 8.22. The van der Waals surface area contributed by atoms with Crippen LogP contribution in [0.1, 0.15) is 0 Å². The molecule has 0 fully saturated rings. The summed E-state index contributed by atoms with van der Waals surface area (Å²) in [6.45, 7) is 0.0659. The van der Waals surface area contributed by atoms with E-state index in [0.29, 0.717) is 10.6 Å². The van der Waals surface area contributed by atoms with E-state index in [1.807, 2.05) is 17.5 Å². The summed E-state index contributed by atoms with van der Waals surface area (Å²) in [5, 5.41) is 8.72. The fourth-order valence-electron chi connectivity index (χ4n) is 1.35. The van der Waals surface area contributed by atoms with Crippen molar-refractivity contribution in [3.63, 3.8) is 0 Å². The van der Waals surface area contributed by atoms with Gasteiger partial charge in [0.25, 0.3) is 5.91 Å². The summed E-state index contributed by atoms with van der Waals surface area (Å²) in [6.07, 6.45) is 0.